The van der Waals surface area contributed by atoms with E-state index in [9.17, 15) is 9.18 Å². The van der Waals surface area contributed by atoms with Crippen molar-refractivity contribution in [1.82, 2.24) is 24.6 Å². The molecule has 1 amide bonds. The second kappa shape index (κ2) is 7.49. The van der Waals surface area contributed by atoms with Crippen LogP contribution >= 0.6 is 11.3 Å². The van der Waals surface area contributed by atoms with E-state index >= 15 is 0 Å². The number of rotatable bonds is 3. The first-order valence-corrected chi connectivity index (χ1v) is 10.5. The van der Waals surface area contributed by atoms with Gasteiger partial charge in [0, 0.05) is 32.4 Å². The van der Waals surface area contributed by atoms with Gasteiger partial charge in [0.2, 0.25) is 0 Å². The standard InChI is InChI=1S/C21H19FN6OS/c1-14-15(13-24-28(14)18-7-3-2-5-16(18)22)20(29)26-9-11-27(12-10-26)21-25-17-6-4-8-23-19(17)30-21/h2-8,13H,9-12H2,1H3. The molecular weight excluding hydrogens is 403 g/mol. The van der Waals surface area contributed by atoms with Crippen LogP contribution < -0.4 is 4.90 Å². The summed E-state index contributed by atoms with van der Waals surface area (Å²) >= 11 is 1.57. The van der Waals surface area contributed by atoms with Gasteiger partial charge >= 0.3 is 0 Å². The molecule has 0 unspecified atom stereocenters. The zero-order chi connectivity index (χ0) is 20.7. The van der Waals surface area contributed by atoms with Gasteiger partial charge in [-0.15, -0.1) is 0 Å². The number of amides is 1. The van der Waals surface area contributed by atoms with Crippen LogP contribution in [0.2, 0.25) is 0 Å². The van der Waals surface area contributed by atoms with Crippen LogP contribution in [0.25, 0.3) is 16.0 Å². The van der Waals surface area contributed by atoms with Gasteiger partial charge in [0.25, 0.3) is 5.91 Å². The molecule has 7 nitrogen and oxygen atoms in total. The number of thiazole rings is 1. The predicted octanol–water partition coefficient (Wildman–Crippen LogP) is 3.29. The minimum absolute atomic E-state index is 0.0827. The maximum absolute atomic E-state index is 14.1. The minimum atomic E-state index is -0.373. The third-order valence-corrected chi connectivity index (χ3v) is 6.35. The van der Waals surface area contributed by atoms with Crippen LogP contribution in [-0.2, 0) is 0 Å². The van der Waals surface area contributed by atoms with Crippen LogP contribution in [0.1, 0.15) is 16.1 Å². The molecule has 4 heterocycles. The van der Waals surface area contributed by atoms with Crippen LogP contribution in [-0.4, -0.2) is 56.7 Å². The van der Waals surface area contributed by atoms with Crippen molar-refractivity contribution in [2.24, 2.45) is 0 Å². The Morgan fingerprint density at radius 1 is 1.10 bits per heavy atom. The number of hydrogen-bond donors (Lipinski definition) is 0. The number of aromatic nitrogens is 4. The largest absolute Gasteiger partial charge is 0.344 e. The molecule has 9 heteroatoms. The molecule has 5 rings (SSSR count). The molecule has 1 aromatic carbocycles. The van der Waals surface area contributed by atoms with Crippen molar-refractivity contribution in [3.8, 4) is 5.69 Å². The van der Waals surface area contributed by atoms with Gasteiger partial charge < -0.3 is 9.80 Å². The Bertz CT molecular complexity index is 1190. The van der Waals surface area contributed by atoms with Gasteiger partial charge in [-0.2, -0.15) is 5.10 Å². The normalized spacial score (nSPS) is 14.5. The molecule has 1 fully saturated rings. The van der Waals surface area contributed by atoms with E-state index in [1.54, 1.807) is 42.7 Å². The molecule has 152 valence electrons. The molecule has 0 aliphatic carbocycles. The summed E-state index contributed by atoms with van der Waals surface area (Å²) < 4.78 is 15.6. The van der Waals surface area contributed by atoms with Crippen LogP contribution in [0, 0.1) is 12.7 Å². The third-order valence-electron chi connectivity index (χ3n) is 5.31. The molecule has 0 N–H and O–H groups in total. The summed E-state index contributed by atoms with van der Waals surface area (Å²) in [5.41, 5.74) is 2.36. The van der Waals surface area contributed by atoms with Gasteiger partial charge in [0.15, 0.2) is 5.13 Å². The highest BCUT2D eigenvalue weighted by Crippen LogP contribution is 2.28. The van der Waals surface area contributed by atoms with E-state index in [0.29, 0.717) is 43.1 Å². The number of fused-ring (bicyclic) bond motifs is 1. The summed E-state index contributed by atoms with van der Waals surface area (Å²) in [6, 6.07) is 10.2. The lowest BCUT2D eigenvalue weighted by Crippen LogP contribution is -2.48. The average molecular weight is 422 g/mol. The lowest BCUT2D eigenvalue weighted by molar-refractivity contribution is 0.0746. The number of carbonyl (C=O) groups is 1. The van der Waals surface area contributed by atoms with Gasteiger partial charge in [0.1, 0.15) is 21.9 Å². The zero-order valence-electron chi connectivity index (χ0n) is 16.3. The summed E-state index contributed by atoms with van der Waals surface area (Å²) in [6.07, 6.45) is 3.29. The fourth-order valence-corrected chi connectivity index (χ4v) is 4.61. The molecule has 0 saturated carbocycles. The maximum atomic E-state index is 14.1. The topological polar surface area (TPSA) is 67.2 Å². The van der Waals surface area contributed by atoms with E-state index < -0.39 is 0 Å². The van der Waals surface area contributed by atoms with Crippen molar-refractivity contribution < 1.29 is 9.18 Å². The van der Waals surface area contributed by atoms with Crippen LogP contribution in [0.3, 0.4) is 0 Å². The van der Waals surface area contributed by atoms with Gasteiger partial charge in [-0.25, -0.2) is 19.0 Å². The summed E-state index contributed by atoms with van der Waals surface area (Å²) in [4.78, 5) is 27.0. The van der Waals surface area contributed by atoms with Gasteiger partial charge in [-0.3, -0.25) is 4.79 Å². The molecular formula is C21H19FN6OS. The first-order valence-electron chi connectivity index (χ1n) is 9.67. The van der Waals surface area contributed by atoms with E-state index in [0.717, 1.165) is 15.5 Å². The quantitative estimate of drug-likeness (QED) is 0.507. The maximum Gasteiger partial charge on any atom is 0.257 e. The first-order chi connectivity index (χ1) is 14.6. The Morgan fingerprint density at radius 2 is 1.90 bits per heavy atom. The lowest BCUT2D eigenvalue weighted by atomic mass is 10.2. The van der Waals surface area contributed by atoms with Crippen molar-refractivity contribution in [2.75, 3.05) is 31.1 Å². The second-order valence-electron chi connectivity index (χ2n) is 7.11. The molecule has 0 atom stereocenters. The Morgan fingerprint density at radius 3 is 2.67 bits per heavy atom. The Hall–Kier alpha value is -3.33. The summed E-state index contributed by atoms with van der Waals surface area (Å²) in [5, 5.41) is 5.18. The number of hydrogen-bond acceptors (Lipinski definition) is 6. The van der Waals surface area contributed by atoms with Crippen LogP contribution in [0.5, 0.6) is 0 Å². The monoisotopic (exact) mass is 422 g/mol. The number of anilines is 1. The molecule has 0 radical (unpaired) electrons. The Labute approximate surface area is 176 Å². The van der Waals surface area contributed by atoms with Crippen molar-refractivity contribution >= 4 is 32.7 Å². The van der Waals surface area contributed by atoms with Gasteiger partial charge in [-0.05, 0) is 31.2 Å². The molecule has 3 aromatic heterocycles. The molecule has 0 spiro atoms. The molecule has 1 aliphatic heterocycles. The lowest BCUT2D eigenvalue weighted by Gasteiger charge is -2.34. The smallest absolute Gasteiger partial charge is 0.257 e. The van der Waals surface area contributed by atoms with E-state index in [4.69, 9.17) is 0 Å². The van der Waals surface area contributed by atoms with E-state index in [1.807, 2.05) is 17.0 Å². The van der Waals surface area contributed by atoms with Crippen molar-refractivity contribution in [2.45, 2.75) is 6.92 Å². The molecule has 1 aliphatic rings. The second-order valence-corrected chi connectivity index (χ2v) is 8.07. The minimum Gasteiger partial charge on any atom is -0.344 e. The van der Waals surface area contributed by atoms with Crippen molar-refractivity contribution in [3.63, 3.8) is 0 Å². The highest BCUT2D eigenvalue weighted by molar-refractivity contribution is 7.21. The molecule has 1 saturated heterocycles. The highest BCUT2D eigenvalue weighted by atomic mass is 32.1. The predicted molar refractivity (Wildman–Crippen MR) is 114 cm³/mol. The van der Waals surface area contributed by atoms with Crippen molar-refractivity contribution in [3.05, 3.63) is 65.9 Å². The summed E-state index contributed by atoms with van der Waals surface area (Å²) in [5.74, 6) is -0.456. The van der Waals surface area contributed by atoms with E-state index in [2.05, 4.69) is 20.0 Å². The summed E-state index contributed by atoms with van der Waals surface area (Å²) in [7, 11) is 0. The highest BCUT2D eigenvalue weighted by Gasteiger charge is 2.26. The Kier molecular flexibility index (Phi) is 4.66. The fourth-order valence-electron chi connectivity index (χ4n) is 3.65. The first kappa shape index (κ1) is 18.7. The molecule has 0 bridgehead atoms. The summed E-state index contributed by atoms with van der Waals surface area (Å²) in [6.45, 7) is 4.37. The number of halogens is 1. The number of carbonyl (C=O) groups excluding carboxylic acids is 1. The van der Waals surface area contributed by atoms with Gasteiger partial charge in [-0.1, -0.05) is 23.5 Å². The van der Waals surface area contributed by atoms with Crippen molar-refractivity contribution in [1.29, 1.82) is 0 Å². The third kappa shape index (κ3) is 3.21. The zero-order valence-corrected chi connectivity index (χ0v) is 17.1. The molecule has 4 aromatic rings. The fraction of sp³-hybridized carbons (Fsp3) is 0.238. The van der Waals surface area contributed by atoms with Crippen LogP contribution in [0.4, 0.5) is 9.52 Å². The van der Waals surface area contributed by atoms with Gasteiger partial charge in [0.05, 0.1) is 17.5 Å². The number of para-hydroxylation sites is 1. The number of piperazine rings is 1. The van der Waals surface area contributed by atoms with E-state index in [1.165, 1.54) is 16.9 Å². The molecule has 30 heavy (non-hydrogen) atoms. The number of pyridine rings is 1. The van der Waals surface area contributed by atoms with Crippen LogP contribution in [0.15, 0.2) is 48.8 Å². The Balaban J connectivity index is 1.31. The number of benzene rings is 1. The SMILES string of the molecule is Cc1c(C(=O)N2CCN(c3nc4cccnc4s3)CC2)cnn1-c1ccccc1F. The van der Waals surface area contributed by atoms with E-state index in [-0.39, 0.29) is 11.7 Å². The number of nitrogens with zero attached hydrogens (tertiary/aromatic N) is 6. The average Bonchev–Trinajstić information content (AvgIpc) is 3.37.